The molecular weight excluding hydrogens is 217 g/mol. The van der Waals surface area contributed by atoms with Crippen molar-refractivity contribution in [2.45, 2.75) is 24.9 Å². The third kappa shape index (κ3) is 2.09. The zero-order valence-electron chi connectivity index (χ0n) is 9.90. The number of benzene rings is 1. The molecule has 92 valence electrons. The monoisotopic (exact) mass is 235 g/mol. The first kappa shape index (κ1) is 11.2. The molecule has 3 heteroatoms. The van der Waals surface area contributed by atoms with Gasteiger partial charge >= 0.3 is 0 Å². The fraction of sp³-hybridized carbons (Fsp3) is 0.571. The Morgan fingerprint density at radius 3 is 2.82 bits per heavy atom. The third-order valence-electron chi connectivity index (χ3n) is 4.32. The number of aliphatic hydroxyl groups is 1. The van der Waals surface area contributed by atoms with Crippen LogP contribution in [0.3, 0.4) is 0 Å². The number of halogens is 1. The van der Waals surface area contributed by atoms with E-state index >= 15 is 0 Å². The van der Waals surface area contributed by atoms with Gasteiger partial charge in [-0.3, -0.25) is 0 Å². The Bertz CT molecular complexity index is 405. The SMILES string of the molecule is OC1(Cc2ccc(F)cc2)CCN2CCC1C2. The van der Waals surface area contributed by atoms with Crippen LogP contribution in [-0.4, -0.2) is 35.2 Å². The van der Waals surface area contributed by atoms with Crippen molar-refractivity contribution >= 4 is 0 Å². The smallest absolute Gasteiger partial charge is 0.123 e. The molecule has 0 saturated carbocycles. The van der Waals surface area contributed by atoms with Crippen LogP contribution >= 0.6 is 0 Å². The highest BCUT2D eigenvalue weighted by Gasteiger charge is 2.44. The molecule has 0 aliphatic carbocycles. The first-order chi connectivity index (χ1) is 8.16. The summed E-state index contributed by atoms with van der Waals surface area (Å²) < 4.78 is 12.8. The lowest BCUT2D eigenvalue weighted by atomic mass is 9.78. The van der Waals surface area contributed by atoms with Crippen LogP contribution in [0.25, 0.3) is 0 Å². The Morgan fingerprint density at radius 2 is 2.06 bits per heavy atom. The molecule has 1 aromatic rings. The molecule has 2 aliphatic rings. The second-order valence-corrected chi connectivity index (χ2v) is 5.44. The van der Waals surface area contributed by atoms with Gasteiger partial charge in [0.2, 0.25) is 0 Å². The zero-order chi connectivity index (χ0) is 11.9. The summed E-state index contributed by atoms with van der Waals surface area (Å²) in [7, 11) is 0. The summed E-state index contributed by atoms with van der Waals surface area (Å²) in [4.78, 5) is 2.42. The van der Waals surface area contributed by atoms with Crippen LogP contribution in [-0.2, 0) is 6.42 Å². The molecule has 0 aromatic heterocycles. The average Bonchev–Trinajstić information content (AvgIpc) is 2.74. The van der Waals surface area contributed by atoms with E-state index < -0.39 is 5.60 Å². The van der Waals surface area contributed by atoms with Gasteiger partial charge < -0.3 is 10.0 Å². The second-order valence-electron chi connectivity index (χ2n) is 5.44. The lowest BCUT2D eigenvalue weighted by Crippen LogP contribution is -2.47. The quantitative estimate of drug-likeness (QED) is 0.845. The van der Waals surface area contributed by atoms with Crippen molar-refractivity contribution in [1.82, 2.24) is 4.90 Å². The summed E-state index contributed by atoms with van der Waals surface area (Å²) in [5.41, 5.74) is 0.458. The number of fused-ring (bicyclic) bond motifs is 2. The Balaban J connectivity index is 1.77. The number of hydrogen-bond donors (Lipinski definition) is 1. The Kier molecular flexibility index (Phi) is 2.68. The van der Waals surface area contributed by atoms with Crippen molar-refractivity contribution < 1.29 is 9.50 Å². The molecule has 1 N–H and O–H groups in total. The van der Waals surface area contributed by atoms with Gasteiger partial charge in [-0.05, 0) is 37.1 Å². The molecule has 2 aliphatic heterocycles. The van der Waals surface area contributed by atoms with Crippen LogP contribution < -0.4 is 0 Å². The minimum atomic E-state index is -0.579. The number of nitrogens with zero attached hydrogens (tertiary/aromatic N) is 1. The maximum atomic E-state index is 12.8. The Morgan fingerprint density at radius 1 is 1.29 bits per heavy atom. The second kappa shape index (κ2) is 4.07. The number of rotatable bonds is 2. The maximum absolute atomic E-state index is 12.8. The van der Waals surface area contributed by atoms with E-state index in [2.05, 4.69) is 4.90 Å². The van der Waals surface area contributed by atoms with Crippen molar-refractivity contribution in [1.29, 1.82) is 0 Å². The molecule has 0 spiro atoms. The molecule has 0 amide bonds. The van der Waals surface area contributed by atoms with Gasteiger partial charge in [-0.1, -0.05) is 12.1 Å². The Hall–Kier alpha value is -0.930. The normalized spacial score (nSPS) is 36.1. The number of piperidine rings is 1. The first-order valence-corrected chi connectivity index (χ1v) is 6.35. The lowest BCUT2D eigenvalue weighted by molar-refractivity contribution is -0.0439. The van der Waals surface area contributed by atoms with E-state index in [1.165, 1.54) is 12.1 Å². The molecule has 2 fully saturated rings. The minimum Gasteiger partial charge on any atom is -0.389 e. The van der Waals surface area contributed by atoms with Gasteiger partial charge in [-0.2, -0.15) is 0 Å². The molecule has 2 bridgehead atoms. The summed E-state index contributed by atoms with van der Waals surface area (Å²) >= 11 is 0. The van der Waals surface area contributed by atoms with E-state index in [0.29, 0.717) is 12.3 Å². The van der Waals surface area contributed by atoms with Crippen molar-refractivity contribution in [2.24, 2.45) is 5.92 Å². The molecule has 2 nitrogen and oxygen atoms in total. The van der Waals surface area contributed by atoms with E-state index in [-0.39, 0.29) is 5.82 Å². The summed E-state index contributed by atoms with van der Waals surface area (Å²) in [6.45, 7) is 3.14. The van der Waals surface area contributed by atoms with Gasteiger partial charge in [0, 0.05) is 25.4 Å². The fourth-order valence-electron chi connectivity index (χ4n) is 3.22. The van der Waals surface area contributed by atoms with Crippen molar-refractivity contribution in [3.8, 4) is 0 Å². The molecule has 2 heterocycles. The van der Waals surface area contributed by atoms with Crippen LogP contribution in [0, 0.1) is 11.7 Å². The third-order valence-corrected chi connectivity index (χ3v) is 4.32. The van der Waals surface area contributed by atoms with Crippen molar-refractivity contribution in [3.63, 3.8) is 0 Å². The van der Waals surface area contributed by atoms with Gasteiger partial charge in [-0.15, -0.1) is 0 Å². The van der Waals surface area contributed by atoms with Crippen LogP contribution in [0.5, 0.6) is 0 Å². The topological polar surface area (TPSA) is 23.5 Å². The average molecular weight is 235 g/mol. The molecule has 3 atom stereocenters. The van der Waals surface area contributed by atoms with Gasteiger partial charge in [-0.25, -0.2) is 4.39 Å². The largest absolute Gasteiger partial charge is 0.389 e. The minimum absolute atomic E-state index is 0.212. The van der Waals surface area contributed by atoms with Crippen LogP contribution in [0.15, 0.2) is 24.3 Å². The predicted molar refractivity (Wildman–Crippen MR) is 64.2 cm³/mol. The Labute approximate surface area is 101 Å². The molecule has 3 unspecified atom stereocenters. The van der Waals surface area contributed by atoms with E-state index in [4.69, 9.17) is 0 Å². The molecule has 3 rings (SSSR count). The molecular formula is C14H18FNO. The molecule has 17 heavy (non-hydrogen) atoms. The van der Waals surface area contributed by atoms with Crippen LogP contribution in [0.2, 0.25) is 0 Å². The summed E-state index contributed by atoms with van der Waals surface area (Å²) in [5.74, 6) is 0.178. The van der Waals surface area contributed by atoms with Crippen molar-refractivity contribution in [2.75, 3.05) is 19.6 Å². The summed E-state index contributed by atoms with van der Waals surface area (Å²) in [5, 5.41) is 10.8. The standard InChI is InChI=1S/C14H18FNO/c15-13-3-1-11(2-4-13)9-14(17)6-8-16-7-5-12(14)10-16/h1-4,12,17H,5-10H2. The predicted octanol–water partition coefficient (Wildman–Crippen LogP) is 1.82. The summed E-state index contributed by atoms with van der Waals surface area (Å²) in [6, 6.07) is 6.52. The molecule has 2 saturated heterocycles. The van der Waals surface area contributed by atoms with Crippen molar-refractivity contribution in [3.05, 3.63) is 35.6 Å². The zero-order valence-corrected chi connectivity index (χ0v) is 9.90. The summed E-state index contributed by atoms with van der Waals surface area (Å²) in [6.07, 6.45) is 2.60. The highest BCUT2D eigenvalue weighted by Crippen LogP contribution is 2.37. The lowest BCUT2D eigenvalue weighted by Gasteiger charge is -2.39. The van der Waals surface area contributed by atoms with E-state index in [1.807, 2.05) is 0 Å². The molecule has 0 radical (unpaired) electrons. The molecule has 1 aromatic carbocycles. The van der Waals surface area contributed by atoms with E-state index in [9.17, 15) is 9.50 Å². The van der Waals surface area contributed by atoms with E-state index in [1.54, 1.807) is 12.1 Å². The number of hydrogen-bond acceptors (Lipinski definition) is 2. The van der Waals surface area contributed by atoms with Crippen LogP contribution in [0.4, 0.5) is 4.39 Å². The van der Waals surface area contributed by atoms with Gasteiger partial charge in [0.05, 0.1) is 5.60 Å². The fourth-order valence-corrected chi connectivity index (χ4v) is 3.22. The van der Waals surface area contributed by atoms with E-state index in [0.717, 1.165) is 38.0 Å². The van der Waals surface area contributed by atoms with Gasteiger partial charge in [0.1, 0.15) is 5.82 Å². The van der Waals surface area contributed by atoms with Gasteiger partial charge in [0.15, 0.2) is 0 Å². The maximum Gasteiger partial charge on any atom is 0.123 e. The first-order valence-electron chi connectivity index (χ1n) is 6.35. The highest BCUT2D eigenvalue weighted by molar-refractivity contribution is 5.19. The van der Waals surface area contributed by atoms with Gasteiger partial charge in [0.25, 0.3) is 0 Å². The highest BCUT2D eigenvalue weighted by atomic mass is 19.1. The van der Waals surface area contributed by atoms with Crippen LogP contribution in [0.1, 0.15) is 18.4 Å².